The van der Waals surface area contributed by atoms with Crippen molar-refractivity contribution in [2.75, 3.05) is 0 Å². The van der Waals surface area contributed by atoms with Crippen LogP contribution in [0.2, 0.25) is 0 Å². The molecule has 2 heteroatoms. The fourth-order valence-corrected chi connectivity index (χ4v) is 0.916. The molecule has 0 bridgehead atoms. The number of hydrogen-bond donors (Lipinski definition) is 0. The lowest BCUT2D eigenvalue weighted by Crippen LogP contribution is -2.11. The van der Waals surface area contributed by atoms with E-state index in [2.05, 4.69) is 6.07 Å². The Kier molecular flexibility index (Phi) is 1.28. The number of nitrogens with zero attached hydrogens (tertiary/aromatic N) is 1. The van der Waals surface area contributed by atoms with Gasteiger partial charge in [0.1, 0.15) is 5.41 Å². The highest BCUT2D eigenvalue weighted by Gasteiger charge is 2.48. The standard InChI is InChI=1S/C7H9NO/c1-2-6(9)7(5-8)3-4-7/h2-4H2,1H3. The van der Waals surface area contributed by atoms with E-state index in [-0.39, 0.29) is 5.78 Å². The summed E-state index contributed by atoms with van der Waals surface area (Å²) in [7, 11) is 0. The number of carbonyl (C=O) groups excluding carboxylic acids is 1. The van der Waals surface area contributed by atoms with Gasteiger partial charge in [-0.1, -0.05) is 6.92 Å². The van der Waals surface area contributed by atoms with E-state index in [0.29, 0.717) is 6.42 Å². The van der Waals surface area contributed by atoms with Crippen molar-refractivity contribution in [2.45, 2.75) is 26.2 Å². The van der Waals surface area contributed by atoms with Crippen LogP contribution in [-0.4, -0.2) is 5.78 Å². The summed E-state index contributed by atoms with van der Waals surface area (Å²) in [5, 5.41) is 8.49. The Balaban J connectivity index is 2.63. The maximum Gasteiger partial charge on any atom is 0.152 e. The van der Waals surface area contributed by atoms with Gasteiger partial charge in [0.2, 0.25) is 0 Å². The predicted octanol–water partition coefficient (Wildman–Crippen LogP) is 1.27. The average molecular weight is 123 g/mol. The van der Waals surface area contributed by atoms with Crippen LogP contribution >= 0.6 is 0 Å². The summed E-state index contributed by atoms with van der Waals surface area (Å²) in [5.41, 5.74) is -0.533. The summed E-state index contributed by atoms with van der Waals surface area (Å²) in [6.45, 7) is 1.81. The second-order valence-electron chi connectivity index (χ2n) is 2.47. The lowest BCUT2D eigenvalue weighted by Gasteiger charge is -1.97. The molecule has 2 nitrogen and oxygen atoms in total. The highest BCUT2D eigenvalue weighted by molar-refractivity contribution is 5.89. The zero-order chi connectivity index (χ0) is 6.91. The van der Waals surface area contributed by atoms with Gasteiger partial charge in [-0.05, 0) is 12.8 Å². The second-order valence-corrected chi connectivity index (χ2v) is 2.47. The number of rotatable bonds is 2. The van der Waals surface area contributed by atoms with Crippen LogP contribution in [0.1, 0.15) is 26.2 Å². The van der Waals surface area contributed by atoms with Crippen molar-refractivity contribution in [3.05, 3.63) is 0 Å². The van der Waals surface area contributed by atoms with Crippen LogP contribution in [0.25, 0.3) is 0 Å². The Bertz CT molecular complexity index is 174. The molecule has 0 aromatic carbocycles. The predicted molar refractivity (Wildman–Crippen MR) is 32.6 cm³/mol. The molecule has 0 radical (unpaired) electrons. The smallest absolute Gasteiger partial charge is 0.152 e. The van der Waals surface area contributed by atoms with Crippen molar-refractivity contribution >= 4 is 5.78 Å². The summed E-state index contributed by atoms with van der Waals surface area (Å²) in [5.74, 6) is 0.116. The maximum absolute atomic E-state index is 10.9. The largest absolute Gasteiger partial charge is 0.298 e. The normalized spacial score (nSPS) is 20.4. The third-order valence-electron chi connectivity index (χ3n) is 1.82. The van der Waals surface area contributed by atoms with E-state index in [4.69, 9.17) is 5.26 Å². The van der Waals surface area contributed by atoms with E-state index < -0.39 is 5.41 Å². The molecule has 0 heterocycles. The molecule has 0 atom stereocenters. The fourth-order valence-electron chi connectivity index (χ4n) is 0.916. The van der Waals surface area contributed by atoms with E-state index in [1.165, 1.54) is 0 Å². The molecule has 0 aromatic heterocycles. The van der Waals surface area contributed by atoms with Crippen molar-refractivity contribution in [2.24, 2.45) is 5.41 Å². The Morgan fingerprint density at radius 3 is 2.44 bits per heavy atom. The Labute approximate surface area is 54.5 Å². The minimum atomic E-state index is -0.533. The molecule has 0 N–H and O–H groups in total. The van der Waals surface area contributed by atoms with Crippen LogP contribution in [0, 0.1) is 16.7 Å². The third kappa shape index (κ3) is 0.829. The zero-order valence-electron chi connectivity index (χ0n) is 5.48. The van der Waals surface area contributed by atoms with Gasteiger partial charge in [-0.2, -0.15) is 5.26 Å². The fraction of sp³-hybridized carbons (Fsp3) is 0.714. The zero-order valence-corrected chi connectivity index (χ0v) is 5.48. The molecule has 1 aliphatic carbocycles. The Morgan fingerprint density at radius 2 is 2.33 bits per heavy atom. The van der Waals surface area contributed by atoms with Crippen LogP contribution in [0.4, 0.5) is 0 Å². The van der Waals surface area contributed by atoms with Gasteiger partial charge in [-0.3, -0.25) is 4.79 Å². The first-order valence-electron chi connectivity index (χ1n) is 3.20. The van der Waals surface area contributed by atoms with Crippen molar-refractivity contribution in [1.29, 1.82) is 5.26 Å². The van der Waals surface area contributed by atoms with Crippen molar-refractivity contribution in [1.82, 2.24) is 0 Å². The number of Topliss-reactive ketones (excluding diaryl/α,β-unsaturated/α-hetero) is 1. The summed E-state index contributed by atoms with van der Waals surface area (Å²) < 4.78 is 0. The summed E-state index contributed by atoms with van der Waals surface area (Å²) >= 11 is 0. The van der Waals surface area contributed by atoms with Crippen LogP contribution in [-0.2, 0) is 4.79 Å². The molecule has 0 aliphatic heterocycles. The molecule has 1 rings (SSSR count). The molecule has 0 spiro atoms. The number of carbonyl (C=O) groups is 1. The summed E-state index contributed by atoms with van der Waals surface area (Å²) in [6.07, 6.45) is 2.08. The minimum Gasteiger partial charge on any atom is -0.298 e. The van der Waals surface area contributed by atoms with Crippen molar-refractivity contribution in [3.63, 3.8) is 0 Å². The van der Waals surface area contributed by atoms with E-state index in [1.54, 1.807) is 6.92 Å². The van der Waals surface area contributed by atoms with Crippen LogP contribution in [0.5, 0.6) is 0 Å². The monoisotopic (exact) mass is 123 g/mol. The Morgan fingerprint density at radius 1 is 1.78 bits per heavy atom. The first-order valence-corrected chi connectivity index (χ1v) is 3.20. The molecule has 48 valence electrons. The van der Waals surface area contributed by atoms with Gasteiger partial charge < -0.3 is 0 Å². The van der Waals surface area contributed by atoms with Gasteiger partial charge in [0.05, 0.1) is 6.07 Å². The quantitative estimate of drug-likeness (QED) is 0.554. The van der Waals surface area contributed by atoms with Crippen LogP contribution in [0.15, 0.2) is 0 Å². The molecular formula is C7H9NO. The lowest BCUT2D eigenvalue weighted by atomic mass is 10.0. The molecule has 9 heavy (non-hydrogen) atoms. The maximum atomic E-state index is 10.9. The van der Waals surface area contributed by atoms with Crippen LogP contribution < -0.4 is 0 Å². The van der Waals surface area contributed by atoms with E-state index >= 15 is 0 Å². The van der Waals surface area contributed by atoms with Gasteiger partial charge in [0.25, 0.3) is 0 Å². The summed E-state index contributed by atoms with van der Waals surface area (Å²) in [6, 6.07) is 2.05. The topological polar surface area (TPSA) is 40.9 Å². The number of ketones is 1. The highest BCUT2D eigenvalue weighted by Crippen LogP contribution is 2.46. The second kappa shape index (κ2) is 1.84. The molecule has 1 aliphatic rings. The number of hydrogen-bond acceptors (Lipinski definition) is 2. The van der Waals surface area contributed by atoms with Gasteiger partial charge in [0.15, 0.2) is 5.78 Å². The molecule has 0 saturated heterocycles. The first-order chi connectivity index (χ1) is 4.25. The van der Waals surface area contributed by atoms with Crippen molar-refractivity contribution in [3.8, 4) is 6.07 Å². The average Bonchev–Trinajstić information content (AvgIpc) is 2.66. The molecule has 0 aromatic rings. The van der Waals surface area contributed by atoms with E-state index in [9.17, 15) is 4.79 Å². The molecular weight excluding hydrogens is 114 g/mol. The van der Waals surface area contributed by atoms with Crippen LogP contribution in [0.3, 0.4) is 0 Å². The van der Waals surface area contributed by atoms with E-state index in [1.807, 2.05) is 0 Å². The van der Waals surface area contributed by atoms with E-state index in [0.717, 1.165) is 12.8 Å². The first kappa shape index (κ1) is 6.28. The molecule has 1 fully saturated rings. The number of nitriles is 1. The van der Waals surface area contributed by atoms with Gasteiger partial charge >= 0.3 is 0 Å². The summed E-state index contributed by atoms with van der Waals surface area (Å²) in [4.78, 5) is 10.9. The molecule has 0 amide bonds. The third-order valence-corrected chi connectivity index (χ3v) is 1.82. The molecule has 0 unspecified atom stereocenters. The van der Waals surface area contributed by atoms with Gasteiger partial charge in [0, 0.05) is 6.42 Å². The van der Waals surface area contributed by atoms with Gasteiger partial charge in [-0.15, -0.1) is 0 Å². The highest BCUT2D eigenvalue weighted by atomic mass is 16.1. The van der Waals surface area contributed by atoms with Gasteiger partial charge in [-0.25, -0.2) is 0 Å². The Hall–Kier alpha value is -0.840. The SMILES string of the molecule is CCC(=O)C1(C#N)CC1. The molecule has 1 saturated carbocycles. The minimum absolute atomic E-state index is 0.116. The lowest BCUT2D eigenvalue weighted by molar-refractivity contribution is -0.122. The van der Waals surface area contributed by atoms with Crippen molar-refractivity contribution < 1.29 is 4.79 Å².